The molecule has 3 aromatic heterocycles. The van der Waals surface area contributed by atoms with Crippen LogP contribution in [0.15, 0.2) is 55.2 Å². The van der Waals surface area contributed by atoms with Crippen LogP contribution in [0.5, 0.6) is 0 Å². The average molecular weight is 405 g/mol. The van der Waals surface area contributed by atoms with E-state index in [0.717, 1.165) is 11.2 Å². The van der Waals surface area contributed by atoms with Gasteiger partial charge in [-0.3, -0.25) is 4.79 Å². The molecule has 0 radical (unpaired) electrons. The fourth-order valence-electron chi connectivity index (χ4n) is 3.24. The van der Waals surface area contributed by atoms with Crippen LogP contribution in [0.3, 0.4) is 0 Å². The first-order valence-corrected chi connectivity index (χ1v) is 9.61. The number of carbonyl (C=O) groups excluding carboxylic acids is 1. The van der Waals surface area contributed by atoms with Gasteiger partial charge in [0.25, 0.3) is 5.91 Å². The van der Waals surface area contributed by atoms with Crippen LogP contribution in [0.4, 0.5) is 0 Å². The molecule has 0 saturated carbocycles. The van der Waals surface area contributed by atoms with Crippen LogP contribution in [0.2, 0.25) is 0 Å². The number of aromatic nitrogens is 6. The van der Waals surface area contributed by atoms with Crippen LogP contribution in [0.25, 0.3) is 11.2 Å². The molecular formula is C21H23N7O2. The van der Waals surface area contributed by atoms with Crippen LogP contribution >= 0.6 is 0 Å². The van der Waals surface area contributed by atoms with Gasteiger partial charge in [-0.1, -0.05) is 30.3 Å². The molecule has 0 unspecified atom stereocenters. The van der Waals surface area contributed by atoms with Gasteiger partial charge < -0.3 is 18.8 Å². The third kappa shape index (κ3) is 4.20. The Balaban J connectivity index is 1.49. The summed E-state index contributed by atoms with van der Waals surface area (Å²) in [5, 5.41) is 8.04. The topological polar surface area (TPSA) is 91.0 Å². The Hall–Kier alpha value is -3.59. The molecule has 4 aromatic rings. The molecule has 0 aliphatic carbocycles. The molecule has 30 heavy (non-hydrogen) atoms. The molecular weight excluding hydrogens is 382 g/mol. The number of methoxy groups -OCH3 is 1. The van der Waals surface area contributed by atoms with Crippen molar-refractivity contribution in [2.24, 2.45) is 0 Å². The number of hydrogen-bond acceptors (Lipinski definition) is 6. The van der Waals surface area contributed by atoms with Gasteiger partial charge in [0.05, 0.1) is 31.6 Å². The highest BCUT2D eigenvalue weighted by atomic mass is 16.5. The fourth-order valence-corrected chi connectivity index (χ4v) is 3.24. The second-order valence-corrected chi connectivity index (χ2v) is 7.02. The summed E-state index contributed by atoms with van der Waals surface area (Å²) in [6, 6.07) is 11.9. The van der Waals surface area contributed by atoms with Gasteiger partial charge in [0.1, 0.15) is 11.8 Å². The summed E-state index contributed by atoms with van der Waals surface area (Å²) < 4.78 is 8.95. The summed E-state index contributed by atoms with van der Waals surface area (Å²) in [7, 11) is 3.37. The Labute approximate surface area is 174 Å². The van der Waals surface area contributed by atoms with Gasteiger partial charge in [-0.05, 0) is 11.6 Å². The Morgan fingerprint density at radius 2 is 1.97 bits per heavy atom. The van der Waals surface area contributed by atoms with E-state index >= 15 is 0 Å². The van der Waals surface area contributed by atoms with Gasteiger partial charge in [0.2, 0.25) is 0 Å². The zero-order valence-electron chi connectivity index (χ0n) is 17.0. The lowest BCUT2D eigenvalue weighted by molar-refractivity contribution is 0.0779. The molecule has 9 nitrogen and oxygen atoms in total. The van der Waals surface area contributed by atoms with Crippen molar-refractivity contribution in [3.63, 3.8) is 0 Å². The van der Waals surface area contributed by atoms with E-state index in [-0.39, 0.29) is 5.91 Å². The van der Waals surface area contributed by atoms with E-state index in [9.17, 15) is 4.79 Å². The second kappa shape index (κ2) is 8.83. The lowest BCUT2D eigenvalue weighted by Gasteiger charge is -2.17. The predicted octanol–water partition coefficient (Wildman–Crippen LogP) is 1.99. The number of hydrogen-bond donors (Lipinski definition) is 0. The molecule has 0 saturated heterocycles. The van der Waals surface area contributed by atoms with E-state index < -0.39 is 0 Å². The van der Waals surface area contributed by atoms with Crippen molar-refractivity contribution in [3.05, 3.63) is 72.2 Å². The standard InChI is InChI=1S/C21H23N7O2/c1-26(13-19-25-24-15-27(19)8-9-30-2)21(29)17-10-18-20(22-11-17)28(14-23-18)12-16-6-4-3-5-7-16/h3-7,10-11,14-15H,8-9,12-13H2,1-2H3. The van der Waals surface area contributed by atoms with Gasteiger partial charge in [-0.2, -0.15) is 0 Å². The highest BCUT2D eigenvalue weighted by molar-refractivity contribution is 5.96. The third-order valence-corrected chi connectivity index (χ3v) is 4.86. The molecule has 154 valence electrons. The number of pyridine rings is 1. The number of carbonyl (C=O) groups is 1. The zero-order chi connectivity index (χ0) is 20.9. The van der Waals surface area contributed by atoms with Crippen LogP contribution in [-0.4, -0.2) is 60.9 Å². The fraction of sp³-hybridized carbons (Fsp3) is 0.286. The van der Waals surface area contributed by atoms with Gasteiger partial charge in [-0.15, -0.1) is 10.2 Å². The van der Waals surface area contributed by atoms with E-state index in [1.807, 2.05) is 27.3 Å². The molecule has 0 aliphatic heterocycles. The minimum Gasteiger partial charge on any atom is -0.383 e. The molecule has 0 spiro atoms. The summed E-state index contributed by atoms with van der Waals surface area (Å²) in [6.45, 7) is 2.19. The molecule has 0 bridgehead atoms. The number of amides is 1. The minimum atomic E-state index is -0.150. The summed E-state index contributed by atoms with van der Waals surface area (Å²) in [6.07, 6.45) is 4.99. The highest BCUT2D eigenvalue weighted by Crippen LogP contribution is 2.15. The normalized spacial score (nSPS) is 11.1. The minimum absolute atomic E-state index is 0.150. The molecule has 4 rings (SSSR count). The number of imidazole rings is 1. The first kappa shape index (κ1) is 19.7. The number of benzene rings is 1. The van der Waals surface area contributed by atoms with E-state index in [1.54, 1.807) is 44.0 Å². The highest BCUT2D eigenvalue weighted by Gasteiger charge is 2.17. The molecule has 0 N–H and O–H groups in total. The van der Waals surface area contributed by atoms with Crippen LogP contribution in [-0.2, 0) is 24.4 Å². The van der Waals surface area contributed by atoms with Crippen LogP contribution in [0.1, 0.15) is 21.7 Å². The molecule has 0 atom stereocenters. The van der Waals surface area contributed by atoms with Gasteiger partial charge in [0, 0.05) is 26.9 Å². The molecule has 1 amide bonds. The third-order valence-electron chi connectivity index (χ3n) is 4.86. The average Bonchev–Trinajstić information content (AvgIpc) is 3.38. The Morgan fingerprint density at radius 1 is 1.13 bits per heavy atom. The number of rotatable bonds is 8. The first-order valence-electron chi connectivity index (χ1n) is 9.61. The van der Waals surface area contributed by atoms with Gasteiger partial charge >= 0.3 is 0 Å². The smallest absolute Gasteiger partial charge is 0.255 e. The quantitative estimate of drug-likeness (QED) is 0.445. The summed E-state index contributed by atoms with van der Waals surface area (Å²) >= 11 is 0. The number of ether oxygens (including phenoxy) is 1. The lowest BCUT2D eigenvalue weighted by atomic mass is 10.2. The number of fused-ring (bicyclic) bond motifs is 1. The van der Waals surface area contributed by atoms with Gasteiger partial charge in [0.15, 0.2) is 11.5 Å². The van der Waals surface area contributed by atoms with Gasteiger partial charge in [-0.25, -0.2) is 9.97 Å². The predicted molar refractivity (Wildman–Crippen MR) is 111 cm³/mol. The summed E-state index contributed by atoms with van der Waals surface area (Å²) in [5.74, 6) is 0.548. The summed E-state index contributed by atoms with van der Waals surface area (Å²) in [4.78, 5) is 23.4. The Bertz CT molecular complexity index is 1140. The van der Waals surface area contributed by atoms with Crippen molar-refractivity contribution < 1.29 is 9.53 Å². The van der Waals surface area contributed by atoms with Crippen molar-refractivity contribution in [3.8, 4) is 0 Å². The maximum Gasteiger partial charge on any atom is 0.255 e. The Morgan fingerprint density at radius 3 is 2.77 bits per heavy atom. The molecule has 9 heteroatoms. The molecule has 3 heterocycles. The first-order chi connectivity index (χ1) is 14.7. The molecule has 0 fully saturated rings. The van der Waals surface area contributed by atoms with Crippen molar-refractivity contribution in [1.29, 1.82) is 0 Å². The van der Waals surface area contributed by atoms with E-state index in [0.29, 0.717) is 43.1 Å². The van der Waals surface area contributed by atoms with Crippen molar-refractivity contribution in [2.45, 2.75) is 19.6 Å². The summed E-state index contributed by atoms with van der Waals surface area (Å²) in [5.41, 5.74) is 3.08. The van der Waals surface area contributed by atoms with E-state index in [4.69, 9.17) is 4.74 Å². The Kier molecular flexibility index (Phi) is 5.80. The second-order valence-electron chi connectivity index (χ2n) is 7.02. The molecule has 1 aromatic carbocycles. The zero-order valence-corrected chi connectivity index (χ0v) is 17.0. The maximum absolute atomic E-state index is 12.9. The van der Waals surface area contributed by atoms with Crippen molar-refractivity contribution >= 4 is 17.1 Å². The van der Waals surface area contributed by atoms with E-state index in [2.05, 4.69) is 32.3 Å². The lowest BCUT2D eigenvalue weighted by Crippen LogP contribution is -2.28. The SMILES string of the molecule is COCCn1cnnc1CN(C)C(=O)c1cnc2c(c1)ncn2Cc1ccccc1. The van der Waals surface area contributed by atoms with Crippen molar-refractivity contribution in [2.75, 3.05) is 20.8 Å². The van der Waals surface area contributed by atoms with Crippen LogP contribution < -0.4 is 0 Å². The molecule has 0 aliphatic rings. The largest absolute Gasteiger partial charge is 0.383 e. The van der Waals surface area contributed by atoms with Crippen LogP contribution in [0, 0.1) is 0 Å². The van der Waals surface area contributed by atoms with E-state index in [1.165, 1.54) is 0 Å². The van der Waals surface area contributed by atoms with Crippen molar-refractivity contribution in [1.82, 2.24) is 34.2 Å². The number of nitrogens with zero attached hydrogens (tertiary/aromatic N) is 7. The maximum atomic E-state index is 12.9. The monoisotopic (exact) mass is 405 g/mol.